The number of nitrogen functional groups attached to an aromatic ring is 1. The summed E-state index contributed by atoms with van der Waals surface area (Å²) in [6.07, 6.45) is 3.58. The van der Waals surface area contributed by atoms with E-state index in [1.165, 1.54) is 6.33 Å². The van der Waals surface area contributed by atoms with Gasteiger partial charge in [-0.15, -0.1) is 5.10 Å². The van der Waals surface area contributed by atoms with Gasteiger partial charge < -0.3 is 5.73 Å². The lowest BCUT2D eigenvalue weighted by Crippen LogP contribution is -2.07. The number of fused-ring (bicyclic) bond motifs is 1. The molecule has 0 radical (unpaired) electrons. The van der Waals surface area contributed by atoms with Crippen molar-refractivity contribution in [2.45, 2.75) is 32.7 Å². The molecule has 0 fully saturated rings. The van der Waals surface area contributed by atoms with Crippen molar-refractivity contribution in [3.05, 3.63) is 6.33 Å². The molecule has 1 atom stereocenters. The minimum atomic E-state index is 0.286. The third-order valence-corrected chi connectivity index (χ3v) is 2.41. The summed E-state index contributed by atoms with van der Waals surface area (Å²) in [7, 11) is 0. The fraction of sp³-hybridized carbons (Fsp3) is 0.556. The van der Waals surface area contributed by atoms with E-state index in [4.69, 9.17) is 5.73 Å². The lowest BCUT2D eigenvalue weighted by molar-refractivity contribution is 0.453. The molecule has 15 heavy (non-hydrogen) atoms. The summed E-state index contributed by atoms with van der Waals surface area (Å²) in [6.45, 7) is 4.23. The van der Waals surface area contributed by atoms with Crippen LogP contribution in [0, 0.1) is 0 Å². The van der Waals surface area contributed by atoms with E-state index in [1.807, 2.05) is 0 Å². The van der Waals surface area contributed by atoms with Crippen LogP contribution in [-0.2, 0) is 0 Å². The normalized spacial score (nSPS) is 13.2. The Hall–Kier alpha value is -1.72. The second kappa shape index (κ2) is 3.80. The van der Waals surface area contributed by atoms with Gasteiger partial charge in [-0.05, 0) is 13.3 Å². The van der Waals surface area contributed by atoms with Gasteiger partial charge in [-0.2, -0.15) is 0 Å². The minimum absolute atomic E-state index is 0.286. The average Bonchev–Trinajstić information content (AvgIpc) is 2.63. The van der Waals surface area contributed by atoms with Gasteiger partial charge in [0.25, 0.3) is 0 Å². The Bertz CT molecular complexity index is 463. The van der Waals surface area contributed by atoms with Gasteiger partial charge in [0.1, 0.15) is 6.33 Å². The van der Waals surface area contributed by atoms with Crippen molar-refractivity contribution in [3.8, 4) is 0 Å². The smallest absolute Gasteiger partial charge is 0.184 e. The molecule has 0 saturated heterocycles. The fourth-order valence-corrected chi connectivity index (χ4v) is 1.62. The van der Waals surface area contributed by atoms with Crippen LogP contribution in [0.25, 0.3) is 11.2 Å². The first-order valence-electron chi connectivity index (χ1n) is 5.05. The molecule has 0 aliphatic heterocycles. The van der Waals surface area contributed by atoms with E-state index in [2.05, 4.69) is 34.1 Å². The largest absolute Gasteiger partial charge is 0.382 e. The van der Waals surface area contributed by atoms with Gasteiger partial charge in [0.15, 0.2) is 17.0 Å². The van der Waals surface area contributed by atoms with Gasteiger partial charge in [0, 0.05) is 0 Å². The summed E-state index contributed by atoms with van der Waals surface area (Å²) in [5, 5.41) is 8.04. The zero-order valence-corrected chi connectivity index (χ0v) is 8.88. The molecule has 2 N–H and O–H groups in total. The molecular formula is C9H14N6. The van der Waals surface area contributed by atoms with Crippen molar-refractivity contribution >= 4 is 17.0 Å². The second-order valence-corrected chi connectivity index (χ2v) is 3.60. The van der Waals surface area contributed by atoms with Crippen molar-refractivity contribution < 1.29 is 0 Å². The van der Waals surface area contributed by atoms with E-state index in [0.717, 1.165) is 12.8 Å². The van der Waals surface area contributed by atoms with Gasteiger partial charge in [0.2, 0.25) is 0 Å². The topological polar surface area (TPSA) is 82.5 Å². The lowest BCUT2D eigenvalue weighted by atomic mass is 10.2. The summed E-state index contributed by atoms with van der Waals surface area (Å²) in [5.74, 6) is 0.384. The van der Waals surface area contributed by atoms with E-state index in [9.17, 15) is 0 Å². The van der Waals surface area contributed by atoms with E-state index in [1.54, 1.807) is 4.68 Å². The quantitative estimate of drug-likeness (QED) is 0.814. The van der Waals surface area contributed by atoms with Gasteiger partial charge in [-0.25, -0.2) is 14.6 Å². The van der Waals surface area contributed by atoms with Crippen LogP contribution in [0.2, 0.25) is 0 Å². The fourth-order valence-electron chi connectivity index (χ4n) is 1.62. The molecule has 2 aromatic heterocycles. The van der Waals surface area contributed by atoms with Gasteiger partial charge in [-0.3, -0.25) is 0 Å². The maximum Gasteiger partial charge on any atom is 0.184 e. The molecule has 0 aliphatic carbocycles. The zero-order chi connectivity index (χ0) is 10.8. The third kappa shape index (κ3) is 1.62. The Labute approximate surface area is 87.5 Å². The molecule has 2 aromatic rings. The number of nitrogens with zero attached hydrogens (tertiary/aromatic N) is 5. The zero-order valence-electron chi connectivity index (χ0n) is 8.88. The van der Waals surface area contributed by atoms with Crippen molar-refractivity contribution in [2.75, 3.05) is 5.73 Å². The molecule has 0 bridgehead atoms. The standard InChI is InChI=1S/C9H14N6/c1-3-4-6(2)15-9-7(13-14-15)8(10)11-5-12-9/h5-6H,3-4H2,1-2H3,(H2,10,11,12). The van der Waals surface area contributed by atoms with Crippen molar-refractivity contribution in [3.63, 3.8) is 0 Å². The molecule has 2 heterocycles. The highest BCUT2D eigenvalue weighted by Gasteiger charge is 2.13. The third-order valence-electron chi connectivity index (χ3n) is 2.41. The maximum absolute atomic E-state index is 5.68. The number of rotatable bonds is 3. The molecule has 6 heteroatoms. The van der Waals surface area contributed by atoms with Crippen LogP contribution in [0.3, 0.4) is 0 Å². The molecule has 0 spiro atoms. The maximum atomic E-state index is 5.68. The first-order chi connectivity index (χ1) is 7.24. The molecule has 2 rings (SSSR count). The average molecular weight is 206 g/mol. The van der Waals surface area contributed by atoms with E-state index < -0.39 is 0 Å². The van der Waals surface area contributed by atoms with Crippen LogP contribution >= 0.6 is 0 Å². The highest BCUT2D eigenvalue weighted by molar-refractivity contribution is 5.80. The molecule has 0 aliphatic rings. The second-order valence-electron chi connectivity index (χ2n) is 3.60. The minimum Gasteiger partial charge on any atom is -0.382 e. The summed E-state index contributed by atoms with van der Waals surface area (Å²) in [4.78, 5) is 8.03. The summed E-state index contributed by atoms with van der Waals surface area (Å²) in [5.41, 5.74) is 6.97. The Morgan fingerprint density at radius 3 is 3.00 bits per heavy atom. The number of hydrogen-bond acceptors (Lipinski definition) is 5. The molecule has 1 unspecified atom stereocenters. The molecule has 0 amide bonds. The van der Waals surface area contributed by atoms with Gasteiger partial charge in [-0.1, -0.05) is 18.6 Å². The van der Waals surface area contributed by atoms with E-state index in [-0.39, 0.29) is 6.04 Å². The summed E-state index contributed by atoms with van der Waals surface area (Å²) >= 11 is 0. The number of hydrogen-bond donors (Lipinski definition) is 1. The predicted octanol–water partition coefficient (Wildman–Crippen LogP) is 1.16. The van der Waals surface area contributed by atoms with Crippen molar-refractivity contribution in [2.24, 2.45) is 0 Å². The molecule has 0 saturated carbocycles. The summed E-state index contributed by atoms with van der Waals surface area (Å²) in [6, 6.07) is 0.286. The Kier molecular flexibility index (Phi) is 2.49. The van der Waals surface area contributed by atoms with Crippen LogP contribution in [0.5, 0.6) is 0 Å². The first kappa shape index (κ1) is 9.82. The summed E-state index contributed by atoms with van der Waals surface area (Å²) < 4.78 is 1.80. The molecule has 80 valence electrons. The number of anilines is 1. The van der Waals surface area contributed by atoms with Crippen LogP contribution in [-0.4, -0.2) is 25.0 Å². The monoisotopic (exact) mass is 206 g/mol. The number of nitrogens with two attached hydrogens (primary N) is 1. The van der Waals surface area contributed by atoms with Gasteiger partial charge >= 0.3 is 0 Å². The van der Waals surface area contributed by atoms with Crippen molar-refractivity contribution in [1.29, 1.82) is 0 Å². The van der Waals surface area contributed by atoms with E-state index >= 15 is 0 Å². The van der Waals surface area contributed by atoms with Crippen LogP contribution < -0.4 is 5.73 Å². The van der Waals surface area contributed by atoms with Gasteiger partial charge in [0.05, 0.1) is 6.04 Å². The Balaban J connectivity index is 2.49. The van der Waals surface area contributed by atoms with Crippen LogP contribution in [0.15, 0.2) is 6.33 Å². The predicted molar refractivity (Wildman–Crippen MR) is 57.1 cm³/mol. The molecular weight excluding hydrogens is 192 g/mol. The van der Waals surface area contributed by atoms with Crippen LogP contribution in [0.1, 0.15) is 32.7 Å². The van der Waals surface area contributed by atoms with Crippen LogP contribution in [0.4, 0.5) is 5.82 Å². The SMILES string of the molecule is CCCC(C)n1nnc2c(N)ncnc21. The lowest BCUT2D eigenvalue weighted by Gasteiger charge is -2.09. The molecule has 6 nitrogen and oxygen atoms in total. The van der Waals surface area contributed by atoms with E-state index in [0.29, 0.717) is 17.0 Å². The Morgan fingerprint density at radius 1 is 1.47 bits per heavy atom. The highest BCUT2D eigenvalue weighted by atomic mass is 15.5. The highest BCUT2D eigenvalue weighted by Crippen LogP contribution is 2.18. The first-order valence-corrected chi connectivity index (χ1v) is 5.05. The Morgan fingerprint density at radius 2 is 2.27 bits per heavy atom. The molecule has 0 aromatic carbocycles. The number of aromatic nitrogens is 5. The van der Waals surface area contributed by atoms with Crippen molar-refractivity contribution in [1.82, 2.24) is 25.0 Å².